The Hall–Kier alpha value is -3.45. The summed E-state index contributed by atoms with van der Waals surface area (Å²) in [6, 6.07) is 18.8. The topological polar surface area (TPSA) is 89.5 Å². The van der Waals surface area contributed by atoms with Crippen molar-refractivity contribution in [1.82, 2.24) is 0 Å². The van der Waals surface area contributed by atoms with Crippen LogP contribution >= 0.6 is 0 Å². The molecule has 1 amide bonds. The fraction of sp³-hybridized carbons (Fsp3) is 0.0909. The van der Waals surface area contributed by atoms with Crippen molar-refractivity contribution in [3.63, 3.8) is 0 Å². The molecular weight excluding hydrogens is 390 g/mol. The lowest BCUT2D eigenvalue weighted by molar-refractivity contribution is 0.0734. The van der Waals surface area contributed by atoms with Crippen molar-refractivity contribution in [2.75, 3.05) is 5.32 Å². The van der Waals surface area contributed by atoms with E-state index in [-0.39, 0.29) is 16.1 Å². The largest absolute Gasteiger partial charge is 0.423 e. The monoisotopic (exact) mass is 409 g/mol. The second-order valence-corrected chi connectivity index (χ2v) is 8.36. The number of esters is 1. The average Bonchev–Trinajstić information content (AvgIpc) is 2.70. The lowest BCUT2D eigenvalue weighted by atomic mass is 10.2. The van der Waals surface area contributed by atoms with Gasteiger partial charge in [-0.1, -0.05) is 41.5 Å². The van der Waals surface area contributed by atoms with Gasteiger partial charge in [0.15, 0.2) is 0 Å². The standard InChI is InChI=1S/C22H19NO5S/c1-15-6-10-19(11-7-15)28-21(24)17-4-3-5-18(14-17)23-22(25)29(26,27)20-12-8-16(2)9-13-20/h3-14H,1-2H3,(H,23,25). The average molecular weight is 409 g/mol. The molecule has 3 aromatic carbocycles. The summed E-state index contributed by atoms with van der Waals surface area (Å²) in [6.45, 7) is 3.74. The first kappa shape index (κ1) is 20.3. The molecule has 0 unspecified atom stereocenters. The second-order valence-electron chi connectivity index (χ2n) is 6.51. The van der Waals surface area contributed by atoms with Gasteiger partial charge in [-0.15, -0.1) is 0 Å². The molecule has 3 rings (SSSR count). The van der Waals surface area contributed by atoms with Crippen molar-refractivity contribution < 1.29 is 22.7 Å². The molecule has 0 radical (unpaired) electrons. The first-order valence-corrected chi connectivity index (χ1v) is 10.3. The number of amides is 1. The lowest BCUT2D eigenvalue weighted by Gasteiger charge is -2.09. The van der Waals surface area contributed by atoms with E-state index in [1.165, 1.54) is 36.4 Å². The third-order valence-corrected chi connectivity index (χ3v) is 5.63. The summed E-state index contributed by atoms with van der Waals surface area (Å²) in [7, 11) is -4.21. The minimum Gasteiger partial charge on any atom is -0.423 e. The number of aryl methyl sites for hydroxylation is 2. The van der Waals surface area contributed by atoms with E-state index in [0.717, 1.165) is 11.1 Å². The summed E-state index contributed by atoms with van der Waals surface area (Å²) in [6.07, 6.45) is 0. The summed E-state index contributed by atoms with van der Waals surface area (Å²) >= 11 is 0. The Kier molecular flexibility index (Phi) is 5.79. The normalized spacial score (nSPS) is 11.0. The number of carbonyl (C=O) groups is 2. The minimum atomic E-state index is -4.21. The molecule has 29 heavy (non-hydrogen) atoms. The van der Waals surface area contributed by atoms with Crippen LogP contribution in [-0.2, 0) is 9.84 Å². The SMILES string of the molecule is Cc1ccc(OC(=O)c2cccc(NC(=O)S(=O)(=O)c3ccc(C)cc3)c2)cc1. The van der Waals surface area contributed by atoms with Gasteiger partial charge in [-0.25, -0.2) is 13.2 Å². The number of hydrogen-bond donors (Lipinski definition) is 1. The number of ether oxygens (including phenoxy) is 1. The Labute approximate surface area is 169 Å². The predicted molar refractivity (Wildman–Crippen MR) is 110 cm³/mol. The third kappa shape index (κ3) is 4.89. The van der Waals surface area contributed by atoms with Crippen molar-refractivity contribution in [3.8, 4) is 5.75 Å². The Morgan fingerprint density at radius 3 is 2.03 bits per heavy atom. The first-order valence-electron chi connectivity index (χ1n) is 8.77. The highest BCUT2D eigenvalue weighted by Gasteiger charge is 2.25. The quantitative estimate of drug-likeness (QED) is 0.505. The third-order valence-electron chi connectivity index (χ3n) is 4.15. The van der Waals surface area contributed by atoms with Crippen LogP contribution in [0.3, 0.4) is 0 Å². The zero-order chi connectivity index (χ0) is 21.0. The van der Waals surface area contributed by atoms with Crippen molar-refractivity contribution in [3.05, 3.63) is 89.5 Å². The maximum Gasteiger partial charge on any atom is 0.345 e. The fourth-order valence-electron chi connectivity index (χ4n) is 2.51. The molecule has 6 nitrogen and oxygen atoms in total. The molecule has 0 aliphatic rings. The molecule has 0 fully saturated rings. The Balaban J connectivity index is 1.75. The highest BCUT2D eigenvalue weighted by molar-refractivity contribution is 8.06. The summed E-state index contributed by atoms with van der Waals surface area (Å²) in [4.78, 5) is 24.5. The lowest BCUT2D eigenvalue weighted by Crippen LogP contribution is -2.22. The number of nitrogens with one attached hydrogen (secondary N) is 1. The van der Waals surface area contributed by atoms with Crippen molar-refractivity contribution in [1.29, 1.82) is 0 Å². The molecule has 0 aliphatic carbocycles. The van der Waals surface area contributed by atoms with Crippen molar-refractivity contribution in [2.24, 2.45) is 0 Å². The number of sulfone groups is 1. The predicted octanol–water partition coefficient (Wildman–Crippen LogP) is 4.53. The molecule has 0 aliphatic heterocycles. The van der Waals surface area contributed by atoms with Gasteiger partial charge in [0, 0.05) is 5.69 Å². The van der Waals surface area contributed by atoms with Gasteiger partial charge in [0.2, 0.25) is 0 Å². The maximum absolute atomic E-state index is 12.4. The van der Waals surface area contributed by atoms with Gasteiger partial charge in [-0.05, 0) is 56.3 Å². The van der Waals surface area contributed by atoms with Crippen LogP contribution in [0.5, 0.6) is 5.75 Å². The molecule has 0 atom stereocenters. The van der Waals surface area contributed by atoms with Gasteiger partial charge in [0.05, 0.1) is 10.5 Å². The molecule has 7 heteroatoms. The molecular formula is C22H19NO5S. The zero-order valence-corrected chi connectivity index (χ0v) is 16.7. The molecule has 1 N–H and O–H groups in total. The van der Waals surface area contributed by atoms with Gasteiger partial charge in [0.25, 0.3) is 9.84 Å². The van der Waals surface area contributed by atoms with Crippen LogP contribution in [0.4, 0.5) is 10.5 Å². The van der Waals surface area contributed by atoms with Gasteiger partial charge in [-0.3, -0.25) is 4.79 Å². The van der Waals surface area contributed by atoms with Crippen molar-refractivity contribution >= 4 is 26.7 Å². The molecule has 0 bridgehead atoms. The minimum absolute atomic E-state index is 0.101. The maximum atomic E-state index is 12.4. The molecule has 0 heterocycles. The summed E-state index contributed by atoms with van der Waals surface area (Å²) in [5, 5.41) is 1.15. The highest BCUT2D eigenvalue weighted by atomic mass is 32.2. The van der Waals surface area contributed by atoms with Crippen molar-refractivity contribution in [2.45, 2.75) is 18.7 Å². The van der Waals surface area contributed by atoms with E-state index in [0.29, 0.717) is 5.75 Å². The highest BCUT2D eigenvalue weighted by Crippen LogP contribution is 2.19. The van der Waals surface area contributed by atoms with E-state index in [4.69, 9.17) is 4.74 Å². The molecule has 3 aromatic rings. The van der Waals surface area contributed by atoms with Crippen LogP contribution < -0.4 is 10.1 Å². The molecule has 0 aromatic heterocycles. The van der Waals surface area contributed by atoms with Crippen LogP contribution in [-0.4, -0.2) is 19.6 Å². The first-order chi connectivity index (χ1) is 13.8. The Morgan fingerprint density at radius 1 is 0.828 bits per heavy atom. The number of hydrogen-bond acceptors (Lipinski definition) is 5. The van der Waals surface area contributed by atoms with Crippen LogP contribution in [0.1, 0.15) is 21.5 Å². The molecule has 0 saturated heterocycles. The van der Waals surface area contributed by atoms with Crippen LogP contribution in [0.25, 0.3) is 0 Å². The molecule has 0 spiro atoms. The van der Waals surface area contributed by atoms with Crippen LogP contribution in [0.15, 0.2) is 77.7 Å². The van der Waals surface area contributed by atoms with Gasteiger partial charge in [0.1, 0.15) is 5.75 Å². The van der Waals surface area contributed by atoms with E-state index < -0.39 is 21.0 Å². The smallest absolute Gasteiger partial charge is 0.345 e. The van der Waals surface area contributed by atoms with Gasteiger partial charge in [-0.2, -0.15) is 0 Å². The van der Waals surface area contributed by atoms with E-state index in [2.05, 4.69) is 5.32 Å². The van der Waals surface area contributed by atoms with Gasteiger partial charge >= 0.3 is 11.2 Å². The molecule has 0 saturated carbocycles. The number of carbonyl (C=O) groups excluding carboxylic acids is 2. The van der Waals surface area contributed by atoms with E-state index in [9.17, 15) is 18.0 Å². The fourth-order valence-corrected chi connectivity index (χ4v) is 3.47. The van der Waals surface area contributed by atoms with E-state index in [1.807, 2.05) is 26.0 Å². The second kappa shape index (κ2) is 8.28. The number of rotatable bonds is 4. The molecule has 148 valence electrons. The van der Waals surface area contributed by atoms with Gasteiger partial charge < -0.3 is 10.1 Å². The van der Waals surface area contributed by atoms with E-state index >= 15 is 0 Å². The summed E-state index contributed by atoms with van der Waals surface area (Å²) < 4.78 is 30.2. The summed E-state index contributed by atoms with van der Waals surface area (Å²) in [5.41, 5.74) is 2.26. The van der Waals surface area contributed by atoms with Crippen LogP contribution in [0, 0.1) is 13.8 Å². The Bertz CT molecular complexity index is 1150. The summed E-state index contributed by atoms with van der Waals surface area (Å²) in [5.74, 6) is -0.233. The number of anilines is 1. The van der Waals surface area contributed by atoms with E-state index in [1.54, 1.807) is 24.3 Å². The zero-order valence-electron chi connectivity index (χ0n) is 15.9. The number of benzene rings is 3. The Morgan fingerprint density at radius 2 is 1.41 bits per heavy atom. The van der Waals surface area contributed by atoms with Crippen LogP contribution in [0.2, 0.25) is 0 Å².